The molecule has 2 aromatic rings. The molecule has 3 rings (SSSR count). The summed E-state index contributed by atoms with van der Waals surface area (Å²) >= 11 is 0. The number of hydrogen-bond acceptors (Lipinski definition) is 7. The molecule has 9 heteroatoms. The number of carbonyl (C=O) groups excluding carboxylic acids is 1. The van der Waals surface area contributed by atoms with Crippen LogP contribution in [-0.4, -0.2) is 64.9 Å². The Morgan fingerprint density at radius 1 is 1.07 bits per heavy atom. The molecule has 0 unspecified atom stereocenters. The van der Waals surface area contributed by atoms with Crippen LogP contribution in [0.25, 0.3) is 0 Å². The van der Waals surface area contributed by atoms with E-state index < -0.39 is 9.84 Å². The number of aromatic nitrogens is 1. The number of pyridine rings is 1. The van der Waals surface area contributed by atoms with Gasteiger partial charge in [-0.25, -0.2) is 8.42 Å². The third-order valence-corrected chi connectivity index (χ3v) is 6.42. The van der Waals surface area contributed by atoms with Crippen LogP contribution in [0.15, 0.2) is 35.4 Å². The molecular weight excluding hydrogens is 408 g/mol. The molecule has 0 N–H and O–H groups in total. The van der Waals surface area contributed by atoms with Crippen molar-refractivity contribution >= 4 is 15.7 Å². The van der Waals surface area contributed by atoms with Crippen molar-refractivity contribution in [3.8, 4) is 17.2 Å². The van der Waals surface area contributed by atoms with Gasteiger partial charge >= 0.3 is 0 Å². The van der Waals surface area contributed by atoms with E-state index in [0.29, 0.717) is 54.4 Å². The van der Waals surface area contributed by atoms with Crippen molar-refractivity contribution in [3.63, 3.8) is 0 Å². The van der Waals surface area contributed by atoms with Gasteiger partial charge in [-0.1, -0.05) is 0 Å². The van der Waals surface area contributed by atoms with Crippen LogP contribution in [0.3, 0.4) is 0 Å². The fourth-order valence-electron chi connectivity index (χ4n) is 3.77. The van der Waals surface area contributed by atoms with Gasteiger partial charge in [-0.2, -0.15) is 0 Å². The zero-order valence-corrected chi connectivity index (χ0v) is 18.4. The molecule has 1 aromatic carbocycles. The van der Waals surface area contributed by atoms with Gasteiger partial charge in [0.2, 0.25) is 5.75 Å². The lowest BCUT2D eigenvalue weighted by molar-refractivity contribution is 0.0710. The van der Waals surface area contributed by atoms with E-state index >= 15 is 0 Å². The molecule has 162 valence electrons. The molecule has 0 aliphatic carbocycles. The summed E-state index contributed by atoms with van der Waals surface area (Å²) in [6, 6.07) is 6.49. The topological polar surface area (TPSA) is 95.0 Å². The largest absolute Gasteiger partial charge is 0.493 e. The highest BCUT2D eigenvalue weighted by atomic mass is 32.2. The minimum atomic E-state index is -3.36. The number of rotatable bonds is 6. The molecular formula is C21H26N2O6S. The second kappa shape index (κ2) is 8.91. The molecule has 0 bridgehead atoms. The van der Waals surface area contributed by atoms with Gasteiger partial charge in [0.25, 0.3) is 5.91 Å². The molecule has 0 spiro atoms. The van der Waals surface area contributed by atoms with Crippen LogP contribution < -0.4 is 14.2 Å². The summed E-state index contributed by atoms with van der Waals surface area (Å²) in [5.41, 5.74) is 1.03. The van der Waals surface area contributed by atoms with Crippen LogP contribution in [0.1, 0.15) is 34.8 Å². The third kappa shape index (κ3) is 4.35. The van der Waals surface area contributed by atoms with E-state index in [0.717, 1.165) is 0 Å². The Balaban J connectivity index is 1.79. The molecule has 1 aliphatic heterocycles. The van der Waals surface area contributed by atoms with E-state index in [2.05, 4.69) is 4.98 Å². The summed E-state index contributed by atoms with van der Waals surface area (Å²) in [5.74, 6) is 1.11. The fraction of sp³-hybridized carbons (Fsp3) is 0.429. The first-order valence-corrected chi connectivity index (χ1v) is 11.4. The van der Waals surface area contributed by atoms with Crippen LogP contribution >= 0.6 is 0 Å². The standard InChI is InChI=1S/C21H26N2O6S/c1-27-16-12-15(13-17(28-2)20(16)29-3)21(24)23-10-7-14(8-11-23)19-18(30(4,25)26)6-5-9-22-19/h5-6,9,12-14H,7-8,10-11H2,1-4H3. The SMILES string of the molecule is COc1cc(C(=O)N2CCC(c3ncccc3S(C)(=O)=O)CC2)cc(OC)c1OC. The lowest BCUT2D eigenvalue weighted by Gasteiger charge is -2.32. The van der Waals surface area contributed by atoms with Crippen LogP contribution in [0.4, 0.5) is 0 Å². The number of sulfone groups is 1. The number of ether oxygens (including phenoxy) is 3. The summed E-state index contributed by atoms with van der Waals surface area (Å²) < 4.78 is 40.2. The first-order chi connectivity index (χ1) is 14.3. The summed E-state index contributed by atoms with van der Waals surface area (Å²) in [4.78, 5) is 19.4. The maximum absolute atomic E-state index is 13.1. The van der Waals surface area contributed by atoms with E-state index in [1.807, 2.05) is 0 Å². The van der Waals surface area contributed by atoms with Crippen molar-refractivity contribution in [3.05, 3.63) is 41.7 Å². The van der Waals surface area contributed by atoms with Gasteiger partial charge in [0, 0.05) is 37.0 Å². The number of likely N-dealkylation sites (tertiary alicyclic amines) is 1. The maximum atomic E-state index is 13.1. The Hall–Kier alpha value is -2.81. The van der Waals surface area contributed by atoms with E-state index in [1.165, 1.54) is 27.6 Å². The minimum absolute atomic E-state index is 0.0140. The quantitative estimate of drug-likeness (QED) is 0.689. The average molecular weight is 435 g/mol. The van der Waals surface area contributed by atoms with Gasteiger partial charge in [0.05, 0.1) is 31.9 Å². The number of benzene rings is 1. The van der Waals surface area contributed by atoms with Gasteiger partial charge in [-0.05, 0) is 37.1 Å². The Labute approximate surface area is 176 Å². The molecule has 2 heterocycles. The first kappa shape index (κ1) is 21.9. The molecule has 0 radical (unpaired) electrons. The molecule has 1 aromatic heterocycles. The van der Waals surface area contributed by atoms with Gasteiger partial charge in [0.15, 0.2) is 21.3 Å². The normalized spacial score (nSPS) is 15.0. The summed E-state index contributed by atoms with van der Waals surface area (Å²) in [7, 11) is 1.16. The number of carbonyl (C=O) groups is 1. The molecule has 30 heavy (non-hydrogen) atoms. The van der Waals surface area contributed by atoms with Crippen LogP contribution in [0.2, 0.25) is 0 Å². The number of piperidine rings is 1. The number of nitrogens with zero attached hydrogens (tertiary/aromatic N) is 2. The second-order valence-electron chi connectivity index (χ2n) is 7.14. The molecule has 0 saturated carbocycles. The van der Waals surface area contributed by atoms with Crippen LogP contribution in [0.5, 0.6) is 17.2 Å². The predicted octanol–water partition coefficient (Wildman–Crippen LogP) is 2.53. The van der Waals surface area contributed by atoms with Crippen LogP contribution in [0, 0.1) is 0 Å². The number of methoxy groups -OCH3 is 3. The summed E-state index contributed by atoms with van der Waals surface area (Å²) in [5, 5.41) is 0. The highest BCUT2D eigenvalue weighted by molar-refractivity contribution is 7.90. The van der Waals surface area contributed by atoms with E-state index in [9.17, 15) is 13.2 Å². The zero-order valence-electron chi connectivity index (χ0n) is 17.5. The Bertz CT molecular complexity index is 1000. The monoisotopic (exact) mass is 434 g/mol. The Morgan fingerprint density at radius 2 is 1.67 bits per heavy atom. The molecule has 1 amide bonds. The lowest BCUT2D eigenvalue weighted by atomic mass is 9.92. The molecule has 1 fully saturated rings. The zero-order chi connectivity index (χ0) is 21.9. The fourth-order valence-corrected chi connectivity index (χ4v) is 4.69. The van der Waals surface area contributed by atoms with Crippen molar-refractivity contribution in [1.82, 2.24) is 9.88 Å². The maximum Gasteiger partial charge on any atom is 0.254 e. The number of hydrogen-bond donors (Lipinski definition) is 0. The molecule has 8 nitrogen and oxygen atoms in total. The average Bonchev–Trinajstić information content (AvgIpc) is 2.77. The number of amides is 1. The molecule has 1 saturated heterocycles. The predicted molar refractivity (Wildman–Crippen MR) is 111 cm³/mol. The summed E-state index contributed by atoms with van der Waals surface area (Å²) in [6.07, 6.45) is 4.07. The van der Waals surface area contributed by atoms with Crippen molar-refractivity contribution in [2.75, 3.05) is 40.7 Å². The van der Waals surface area contributed by atoms with E-state index in [4.69, 9.17) is 14.2 Å². The van der Waals surface area contributed by atoms with Crippen molar-refractivity contribution in [2.45, 2.75) is 23.7 Å². The lowest BCUT2D eigenvalue weighted by Crippen LogP contribution is -2.38. The van der Waals surface area contributed by atoms with Gasteiger partial charge in [-0.3, -0.25) is 9.78 Å². The van der Waals surface area contributed by atoms with Crippen molar-refractivity contribution in [2.24, 2.45) is 0 Å². The van der Waals surface area contributed by atoms with Crippen molar-refractivity contribution < 1.29 is 27.4 Å². The van der Waals surface area contributed by atoms with Crippen molar-refractivity contribution in [1.29, 1.82) is 0 Å². The highest BCUT2D eigenvalue weighted by Crippen LogP contribution is 2.39. The van der Waals surface area contributed by atoms with Gasteiger partial charge in [0.1, 0.15) is 0 Å². The molecule has 1 aliphatic rings. The first-order valence-electron chi connectivity index (χ1n) is 9.54. The second-order valence-corrected chi connectivity index (χ2v) is 9.12. The smallest absolute Gasteiger partial charge is 0.254 e. The Kier molecular flexibility index (Phi) is 6.50. The van der Waals surface area contributed by atoms with E-state index in [1.54, 1.807) is 35.4 Å². The van der Waals surface area contributed by atoms with Crippen LogP contribution in [-0.2, 0) is 9.84 Å². The van der Waals surface area contributed by atoms with E-state index in [-0.39, 0.29) is 16.7 Å². The van der Waals surface area contributed by atoms with Gasteiger partial charge in [-0.15, -0.1) is 0 Å². The van der Waals surface area contributed by atoms with Gasteiger partial charge < -0.3 is 19.1 Å². The minimum Gasteiger partial charge on any atom is -0.493 e. The third-order valence-electron chi connectivity index (χ3n) is 5.28. The Morgan fingerprint density at radius 3 is 2.17 bits per heavy atom. The highest BCUT2D eigenvalue weighted by Gasteiger charge is 2.29. The molecule has 0 atom stereocenters. The summed E-state index contributed by atoms with van der Waals surface area (Å²) in [6.45, 7) is 1.000.